The van der Waals surface area contributed by atoms with Crippen LogP contribution in [0.4, 0.5) is 5.69 Å². The normalized spacial score (nSPS) is 9.56. The van der Waals surface area contributed by atoms with Gasteiger partial charge in [-0.3, -0.25) is 0 Å². The van der Waals surface area contributed by atoms with Gasteiger partial charge < -0.3 is 5.73 Å². The third kappa shape index (κ3) is 2.71. The van der Waals surface area contributed by atoms with Crippen LogP contribution in [0.2, 0.25) is 0 Å². The molecule has 0 amide bonds. The average molecular weight is 252 g/mol. The summed E-state index contributed by atoms with van der Waals surface area (Å²) >= 11 is 1.74. The number of para-hydroxylation sites is 1. The van der Waals surface area contributed by atoms with E-state index in [0.29, 0.717) is 0 Å². The Morgan fingerprint density at radius 2 is 1.75 bits per heavy atom. The lowest BCUT2D eigenvalue weighted by atomic mass is 10.0. The van der Waals surface area contributed by atoms with Crippen LogP contribution in [0.5, 0.6) is 0 Å². The van der Waals surface area contributed by atoms with E-state index >= 15 is 0 Å². The smallest absolute Gasteiger partial charge is 0.0393 e. The van der Waals surface area contributed by atoms with Gasteiger partial charge in [0, 0.05) is 16.1 Å². The summed E-state index contributed by atoms with van der Waals surface area (Å²) in [6.07, 6.45) is 2.08. The Bertz CT molecular complexity index is 471. The van der Waals surface area contributed by atoms with E-state index in [1.165, 1.54) is 10.5 Å². The summed E-state index contributed by atoms with van der Waals surface area (Å²) in [4.78, 5) is 1.26. The van der Waals surface area contributed by atoms with Gasteiger partial charge in [0.25, 0.3) is 0 Å². The molecular formula is C13H14ClNS. The first-order chi connectivity index (χ1) is 7.31. The first kappa shape index (κ1) is 12.9. The number of rotatable bonds is 2. The third-order valence-electron chi connectivity index (χ3n) is 2.34. The molecule has 2 aromatic carbocycles. The highest BCUT2D eigenvalue weighted by Gasteiger charge is 2.01. The molecule has 2 rings (SSSR count). The molecule has 0 saturated heterocycles. The minimum absolute atomic E-state index is 0. The zero-order valence-corrected chi connectivity index (χ0v) is 10.6. The van der Waals surface area contributed by atoms with Gasteiger partial charge in [0.2, 0.25) is 0 Å². The van der Waals surface area contributed by atoms with Crippen molar-refractivity contribution in [2.75, 3.05) is 12.0 Å². The first-order valence-corrected chi connectivity index (χ1v) is 6.02. The van der Waals surface area contributed by atoms with Crippen molar-refractivity contribution in [2.45, 2.75) is 4.90 Å². The highest BCUT2D eigenvalue weighted by Crippen LogP contribution is 2.28. The maximum Gasteiger partial charge on any atom is 0.0393 e. The molecule has 0 radical (unpaired) electrons. The van der Waals surface area contributed by atoms with Crippen molar-refractivity contribution in [3.05, 3.63) is 48.5 Å². The van der Waals surface area contributed by atoms with Crippen LogP contribution in [0.25, 0.3) is 11.1 Å². The van der Waals surface area contributed by atoms with E-state index in [1.54, 1.807) is 11.8 Å². The van der Waals surface area contributed by atoms with Gasteiger partial charge in [-0.25, -0.2) is 0 Å². The van der Waals surface area contributed by atoms with Crippen LogP contribution in [0, 0.1) is 0 Å². The highest BCUT2D eigenvalue weighted by atomic mass is 35.5. The Morgan fingerprint density at radius 1 is 1.00 bits per heavy atom. The molecule has 0 aliphatic rings. The molecule has 0 fully saturated rings. The second-order valence-corrected chi connectivity index (χ2v) is 4.20. The van der Waals surface area contributed by atoms with E-state index in [1.807, 2.05) is 18.2 Å². The Morgan fingerprint density at radius 3 is 2.44 bits per heavy atom. The van der Waals surface area contributed by atoms with Gasteiger partial charge in [-0.1, -0.05) is 30.3 Å². The molecule has 2 aromatic rings. The van der Waals surface area contributed by atoms with Crippen LogP contribution >= 0.6 is 24.2 Å². The molecule has 0 aromatic heterocycles. The largest absolute Gasteiger partial charge is 0.398 e. The van der Waals surface area contributed by atoms with Crippen molar-refractivity contribution in [1.82, 2.24) is 0 Å². The van der Waals surface area contributed by atoms with Gasteiger partial charge in [0.05, 0.1) is 0 Å². The van der Waals surface area contributed by atoms with Crippen LogP contribution in [0.15, 0.2) is 53.4 Å². The molecule has 0 unspecified atom stereocenters. The summed E-state index contributed by atoms with van der Waals surface area (Å²) in [5.41, 5.74) is 9.05. The molecule has 0 heterocycles. The van der Waals surface area contributed by atoms with Crippen molar-refractivity contribution in [2.24, 2.45) is 0 Å². The van der Waals surface area contributed by atoms with Gasteiger partial charge in [0.1, 0.15) is 0 Å². The van der Waals surface area contributed by atoms with E-state index in [0.717, 1.165) is 11.3 Å². The monoisotopic (exact) mass is 251 g/mol. The van der Waals surface area contributed by atoms with Crippen molar-refractivity contribution < 1.29 is 0 Å². The molecule has 0 atom stereocenters. The van der Waals surface area contributed by atoms with Crippen LogP contribution in [0.3, 0.4) is 0 Å². The van der Waals surface area contributed by atoms with E-state index < -0.39 is 0 Å². The second kappa shape index (κ2) is 5.83. The highest BCUT2D eigenvalue weighted by molar-refractivity contribution is 7.98. The lowest BCUT2D eigenvalue weighted by molar-refractivity contribution is 1.46. The molecule has 0 aliphatic carbocycles. The SMILES string of the molecule is CSc1cccc(-c2ccccc2N)c1.Cl. The maximum atomic E-state index is 5.94. The number of hydrogen-bond donors (Lipinski definition) is 1. The van der Waals surface area contributed by atoms with Crippen molar-refractivity contribution in [1.29, 1.82) is 0 Å². The number of nitrogens with two attached hydrogens (primary N) is 1. The van der Waals surface area contributed by atoms with Gasteiger partial charge in [-0.05, 0) is 30.0 Å². The van der Waals surface area contributed by atoms with Gasteiger partial charge in [0.15, 0.2) is 0 Å². The summed E-state index contributed by atoms with van der Waals surface area (Å²) in [7, 11) is 0. The fraction of sp³-hybridized carbons (Fsp3) is 0.0769. The molecule has 84 valence electrons. The van der Waals surface area contributed by atoms with E-state index in [2.05, 4.69) is 36.6 Å². The minimum Gasteiger partial charge on any atom is -0.398 e. The molecule has 3 heteroatoms. The summed E-state index contributed by atoms with van der Waals surface area (Å²) in [6.45, 7) is 0. The standard InChI is InChI=1S/C13H13NS.ClH/c1-15-11-6-4-5-10(9-11)12-7-2-3-8-13(12)14;/h2-9H,14H2,1H3;1H. The van der Waals surface area contributed by atoms with Crippen LogP contribution in [-0.4, -0.2) is 6.26 Å². The molecule has 16 heavy (non-hydrogen) atoms. The zero-order valence-electron chi connectivity index (χ0n) is 9.01. The van der Waals surface area contributed by atoms with Crippen molar-refractivity contribution in [3.8, 4) is 11.1 Å². The lowest BCUT2D eigenvalue weighted by Gasteiger charge is -2.06. The predicted octanol–water partition coefficient (Wildman–Crippen LogP) is 4.08. The topological polar surface area (TPSA) is 26.0 Å². The number of thioether (sulfide) groups is 1. The fourth-order valence-corrected chi connectivity index (χ4v) is 2.01. The van der Waals surface area contributed by atoms with Crippen LogP contribution in [-0.2, 0) is 0 Å². The first-order valence-electron chi connectivity index (χ1n) is 4.80. The summed E-state index contributed by atoms with van der Waals surface area (Å²) < 4.78 is 0. The lowest BCUT2D eigenvalue weighted by Crippen LogP contribution is -1.88. The van der Waals surface area contributed by atoms with Crippen molar-refractivity contribution >= 4 is 29.9 Å². The van der Waals surface area contributed by atoms with Gasteiger partial charge in [-0.15, -0.1) is 24.2 Å². The maximum absolute atomic E-state index is 5.94. The van der Waals surface area contributed by atoms with Gasteiger partial charge in [-0.2, -0.15) is 0 Å². The number of nitrogen functional groups attached to an aromatic ring is 1. The second-order valence-electron chi connectivity index (χ2n) is 3.32. The quantitative estimate of drug-likeness (QED) is 0.643. The number of hydrogen-bond acceptors (Lipinski definition) is 2. The zero-order chi connectivity index (χ0) is 10.7. The summed E-state index contributed by atoms with van der Waals surface area (Å²) in [5.74, 6) is 0. The molecule has 1 nitrogen and oxygen atoms in total. The number of anilines is 1. The molecule has 2 N–H and O–H groups in total. The molecule has 0 saturated carbocycles. The van der Waals surface area contributed by atoms with Gasteiger partial charge >= 0.3 is 0 Å². The molecule has 0 bridgehead atoms. The molecule has 0 aliphatic heterocycles. The Labute approximate surface area is 106 Å². The van der Waals surface area contributed by atoms with E-state index in [4.69, 9.17) is 5.73 Å². The predicted molar refractivity (Wildman–Crippen MR) is 75.3 cm³/mol. The average Bonchev–Trinajstić information content (AvgIpc) is 2.30. The molecular weight excluding hydrogens is 238 g/mol. The summed E-state index contributed by atoms with van der Waals surface area (Å²) in [5, 5.41) is 0. The Kier molecular flexibility index (Phi) is 4.71. The van der Waals surface area contributed by atoms with E-state index in [9.17, 15) is 0 Å². The number of halogens is 1. The Balaban J connectivity index is 0.00000128. The Hall–Kier alpha value is -1.12. The van der Waals surface area contributed by atoms with E-state index in [-0.39, 0.29) is 12.4 Å². The summed E-state index contributed by atoms with van der Waals surface area (Å²) in [6, 6.07) is 16.4. The molecule has 0 spiro atoms. The minimum atomic E-state index is 0. The van der Waals surface area contributed by atoms with Crippen molar-refractivity contribution in [3.63, 3.8) is 0 Å². The fourth-order valence-electron chi connectivity index (χ4n) is 1.55. The van der Waals surface area contributed by atoms with Crippen LogP contribution in [0.1, 0.15) is 0 Å². The third-order valence-corrected chi connectivity index (χ3v) is 3.07. The van der Waals surface area contributed by atoms with Crippen LogP contribution < -0.4 is 5.73 Å². The number of benzene rings is 2.